The second kappa shape index (κ2) is 6.60. The molecule has 4 heterocycles. The van der Waals surface area contributed by atoms with Crippen molar-refractivity contribution in [3.05, 3.63) is 36.4 Å². The van der Waals surface area contributed by atoms with E-state index in [1.165, 1.54) is 0 Å². The Kier molecular flexibility index (Phi) is 4.17. The number of hydrogen-bond acceptors (Lipinski definition) is 6. The van der Waals surface area contributed by atoms with Crippen LogP contribution in [0.15, 0.2) is 35.1 Å². The first-order valence-corrected chi connectivity index (χ1v) is 8.31. The first-order valence-electron chi connectivity index (χ1n) is 8.31. The number of rotatable bonds is 4. The molecule has 7 nitrogen and oxygen atoms in total. The van der Waals surface area contributed by atoms with Gasteiger partial charge in [-0.05, 0) is 25.0 Å². The minimum atomic E-state index is -0.161. The Balaban J connectivity index is 1.33. The summed E-state index contributed by atoms with van der Waals surface area (Å²) in [5.74, 6) is 0.862. The van der Waals surface area contributed by atoms with Crippen molar-refractivity contribution in [3.63, 3.8) is 0 Å². The fourth-order valence-corrected chi connectivity index (χ4v) is 3.39. The third kappa shape index (κ3) is 3.12. The minimum Gasteiger partial charge on any atom is -0.448 e. The summed E-state index contributed by atoms with van der Waals surface area (Å²) in [6.07, 6.45) is 5.28. The first kappa shape index (κ1) is 15.1. The van der Waals surface area contributed by atoms with Crippen LogP contribution >= 0.6 is 0 Å². The number of likely N-dealkylation sites (tertiary alicyclic amines) is 1. The Labute approximate surface area is 140 Å². The number of nitrogens with zero attached hydrogens (tertiary/aromatic N) is 4. The molecule has 0 aliphatic carbocycles. The lowest BCUT2D eigenvalue weighted by Crippen LogP contribution is -2.44. The van der Waals surface area contributed by atoms with Gasteiger partial charge in [-0.25, -0.2) is 4.79 Å². The molecule has 0 saturated carbocycles. The summed E-state index contributed by atoms with van der Waals surface area (Å²) in [7, 11) is 0. The molecule has 2 aliphatic rings. The highest BCUT2D eigenvalue weighted by Crippen LogP contribution is 2.23. The van der Waals surface area contributed by atoms with Crippen LogP contribution in [-0.4, -0.2) is 58.3 Å². The lowest BCUT2D eigenvalue weighted by molar-refractivity contribution is 0.111. The number of carbonyl (C=O) groups is 1. The maximum Gasteiger partial charge on any atom is 0.410 e. The predicted octanol–water partition coefficient (Wildman–Crippen LogP) is 2.15. The number of cyclic esters (lactones) is 1. The maximum atomic E-state index is 11.6. The lowest BCUT2D eigenvalue weighted by atomic mass is 10.0. The highest BCUT2D eigenvalue weighted by molar-refractivity contribution is 5.69. The molecule has 2 saturated heterocycles. The second-order valence-corrected chi connectivity index (χ2v) is 6.23. The normalized spacial score (nSPS) is 19.7. The zero-order valence-corrected chi connectivity index (χ0v) is 13.4. The van der Waals surface area contributed by atoms with Gasteiger partial charge in [-0.1, -0.05) is 5.16 Å². The van der Waals surface area contributed by atoms with Gasteiger partial charge in [0.1, 0.15) is 12.3 Å². The van der Waals surface area contributed by atoms with Crippen molar-refractivity contribution in [2.75, 3.05) is 26.2 Å². The predicted molar refractivity (Wildman–Crippen MR) is 86.1 cm³/mol. The molecule has 2 aliphatic heterocycles. The van der Waals surface area contributed by atoms with Gasteiger partial charge in [0.05, 0.1) is 13.1 Å². The topological polar surface area (TPSA) is 71.7 Å². The molecule has 2 aromatic heterocycles. The Hall–Kier alpha value is -2.41. The van der Waals surface area contributed by atoms with E-state index in [-0.39, 0.29) is 6.09 Å². The Bertz CT molecular complexity index is 695. The zero-order chi connectivity index (χ0) is 16.4. The largest absolute Gasteiger partial charge is 0.448 e. The van der Waals surface area contributed by atoms with E-state index in [0.29, 0.717) is 12.6 Å². The van der Waals surface area contributed by atoms with Crippen LogP contribution in [0.25, 0.3) is 11.3 Å². The van der Waals surface area contributed by atoms with Crippen LogP contribution < -0.4 is 0 Å². The molecule has 24 heavy (non-hydrogen) atoms. The lowest BCUT2D eigenvalue weighted by Gasteiger charge is -2.34. The average Bonchev–Trinajstić information content (AvgIpc) is 3.26. The quantitative estimate of drug-likeness (QED) is 0.856. The van der Waals surface area contributed by atoms with Gasteiger partial charge in [0.15, 0.2) is 5.76 Å². The van der Waals surface area contributed by atoms with Gasteiger partial charge in [-0.2, -0.15) is 0 Å². The molecule has 7 heteroatoms. The summed E-state index contributed by atoms with van der Waals surface area (Å²) < 4.78 is 10.5. The van der Waals surface area contributed by atoms with Crippen LogP contribution in [0, 0.1) is 0 Å². The molecule has 0 spiro atoms. The summed E-state index contributed by atoms with van der Waals surface area (Å²) in [6.45, 7) is 3.88. The van der Waals surface area contributed by atoms with Crippen molar-refractivity contribution >= 4 is 6.09 Å². The minimum absolute atomic E-state index is 0.161. The van der Waals surface area contributed by atoms with Crippen molar-refractivity contribution in [1.29, 1.82) is 0 Å². The summed E-state index contributed by atoms with van der Waals surface area (Å²) in [6, 6.07) is 6.13. The van der Waals surface area contributed by atoms with Gasteiger partial charge in [-0.15, -0.1) is 0 Å². The van der Waals surface area contributed by atoms with E-state index in [4.69, 9.17) is 9.26 Å². The average molecular weight is 328 g/mol. The van der Waals surface area contributed by atoms with E-state index >= 15 is 0 Å². The molecule has 1 amide bonds. The third-order valence-corrected chi connectivity index (χ3v) is 4.70. The SMILES string of the molecule is O=C1OCCN1C1CCN(Cc2cc(-c3ccncc3)no2)CC1. The van der Waals surface area contributed by atoms with Crippen molar-refractivity contribution in [2.45, 2.75) is 25.4 Å². The smallest absolute Gasteiger partial charge is 0.410 e. The van der Waals surface area contributed by atoms with E-state index in [1.54, 1.807) is 12.4 Å². The Morgan fingerprint density at radius 2 is 1.96 bits per heavy atom. The van der Waals surface area contributed by atoms with Gasteiger partial charge >= 0.3 is 6.09 Å². The number of piperidine rings is 1. The summed E-state index contributed by atoms with van der Waals surface area (Å²) in [5, 5.41) is 4.14. The molecule has 0 N–H and O–H groups in total. The molecule has 0 unspecified atom stereocenters. The summed E-state index contributed by atoms with van der Waals surface area (Å²) in [5.41, 5.74) is 1.84. The van der Waals surface area contributed by atoms with Crippen molar-refractivity contribution in [2.24, 2.45) is 0 Å². The van der Waals surface area contributed by atoms with Crippen molar-refractivity contribution in [1.82, 2.24) is 19.9 Å². The molecule has 0 radical (unpaired) electrons. The van der Waals surface area contributed by atoms with Gasteiger partial charge in [0.2, 0.25) is 0 Å². The number of amides is 1. The number of ether oxygens (including phenoxy) is 1. The molecule has 4 rings (SSSR count). The first-order chi connectivity index (χ1) is 11.8. The highest BCUT2D eigenvalue weighted by atomic mass is 16.6. The highest BCUT2D eigenvalue weighted by Gasteiger charge is 2.32. The van der Waals surface area contributed by atoms with Crippen molar-refractivity contribution in [3.8, 4) is 11.3 Å². The fraction of sp³-hybridized carbons (Fsp3) is 0.471. The van der Waals surface area contributed by atoms with Crippen LogP contribution in [0.2, 0.25) is 0 Å². The monoisotopic (exact) mass is 328 g/mol. The van der Waals surface area contributed by atoms with E-state index in [1.807, 2.05) is 23.1 Å². The van der Waals surface area contributed by atoms with Gasteiger partial charge < -0.3 is 14.2 Å². The van der Waals surface area contributed by atoms with Crippen LogP contribution in [0.1, 0.15) is 18.6 Å². The number of hydrogen-bond donors (Lipinski definition) is 0. The van der Waals surface area contributed by atoms with Gasteiger partial charge in [0.25, 0.3) is 0 Å². The third-order valence-electron chi connectivity index (χ3n) is 4.70. The number of aromatic nitrogens is 2. The van der Waals surface area contributed by atoms with E-state index < -0.39 is 0 Å². The van der Waals surface area contributed by atoms with Gasteiger partial charge in [-0.3, -0.25) is 9.88 Å². The maximum absolute atomic E-state index is 11.6. The summed E-state index contributed by atoms with van der Waals surface area (Å²) >= 11 is 0. The number of pyridine rings is 1. The fourth-order valence-electron chi connectivity index (χ4n) is 3.39. The Morgan fingerprint density at radius 1 is 1.17 bits per heavy atom. The van der Waals surface area contributed by atoms with E-state index in [9.17, 15) is 4.79 Å². The zero-order valence-electron chi connectivity index (χ0n) is 13.4. The molecule has 0 aromatic carbocycles. The van der Waals surface area contributed by atoms with Crippen molar-refractivity contribution < 1.29 is 14.1 Å². The second-order valence-electron chi connectivity index (χ2n) is 6.23. The van der Waals surface area contributed by atoms with Crippen LogP contribution in [0.4, 0.5) is 4.79 Å². The molecular formula is C17H20N4O3. The Morgan fingerprint density at radius 3 is 2.67 bits per heavy atom. The molecule has 2 aromatic rings. The number of carbonyl (C=O) groups excluding carboxylic acids is 1. The molecule has 126 valence electrons. The van der Waals surface area contributed by atoms with Crippen LogP contribution in [0.3, 0.4) is 0 Å². The molecular weight excluding hydrogens is 308 g/mol. The van der Waals surface area contributed by atoms with Gasteiger partial charge in [0, 0.05) is 43.2 Å². The molecule has 2 fully saturated rings. The van der Waals surface area contributed by atoms with E-state index in [2.05, 4.69) is 15.0 Å². The standard InChI is InChI=1S/C17H20N4O3/c22-17-21(9-10-23-17)14-3-7-20(8-4-14)12-15-11-16(19-24-15)13-1-5-18-6-2-13/h1-2,5-6,11,14H,3-4,7-10,12H2. The van der Waals surface area contributed by atoms with Crippen LogP contribution in [0.5, 0.6) is 0 Å². The summed E-state index contributed by atoms with van der Waals surface area (Å²) in [4.78, 5) is 19.9. The van der Waals surface area contributed by atoms with E-state index in [0.717, 1.165) is 56.0 Å². The molecule has 0 bridgehead atoms. The van der Waals surface area contributed by atoms with Crippen LogP contribution in [-0.2, 0) is 11.3 Å². The molecule has 0 atom stereocenters.